The molecule has 3 heterocycles. The number of thioether (sulfide) groups is 1. The average Bonchev–Trinajstić information content (AvgIpc) is 3.34. The van der Waals surface area contributed by atoms with Gasteiger partial charge in [-0.05, 0) is 13.3 Å². The molecular formula is C16H20N4O5S2. The summed E-state index contributed by atoms with van der Waals surface area (Å²) in [6.45, 7) is 1.63. The zero-order valence-electron chi connectivity index (χ0n) is 14.6. The lowest BCUT2D eigenvalue weighted by Gasteiger charge is -2.26. The van der Waals surface area contributed by atoms with E-state index in [0.29, 0.717) is 18.1 Å². The summed E-state index contributed by atoms with van der Waals surface area (Å²) < 4.78 is 4.95. The number of Topliss-reactive ketones (excluding diaryl/α,β-unsaturated/α-hetero) is 1. The van der Waals surface area contributed by atoms with Crippen LogP contribution in [0.4, 0.5) is 4.79 Å². The van der Waals surface area contributed by atoms with E-state index >= 15 is 0 Å². The molecule has 0 spiro atoms. The maximum Gasteiger partial charge on any atom is 0.408 e. The molecule has 1 aromatic heterocycles. The summed E-state index contributed by atoms with van der Waals surface area (Å²) in [4.78, 5) is 55.1. The van der Waals surface area contributed by atoms with Gasteiger partial charge in [0.05, 0.1) is 17.3 Å². The molecule has 0 radical (unpaired) electrons. The Bertz CT molecular complexity index is 741. The van der Waals surface area contributed by atoms with Crippen LogP contribution >= 0.6 is 23.1 Å². The maximum atomic E-state index is 13.1. The van der Waals surface area contributed by atoms with Crippen LogP contribution in [0.3, 0.4) is 0 Å². The van der Waals surface area contributed by atoms with E-state index in [4.69, 9.17) is 10.5 Å². The van der Waals surface area contributed by atoms with Crippen molar-refractivity contribution in [2.24, 2.45) is 11.7 Å². The van der Waals surface area contributed by atoms with Crippen molar-refractivity contribution in [2.45, 2.75) is 38.0 Å². The number of alkyl carbamates (subject to hydrolysis) is 1. The first-order valence-corrected chi connectivity index (χ1v) is 10.4. The molecule has 3 N–H and O–H groups in total. The molecule has 2 saturated heterocycles. The molecule has 0 aliphatic carbocycles. The van der Waals surface area contributed by atoms with Gasteiger partial charge < -0.3 is 20.7 Å². The highest BCUT2D eigenvalue weighted by molar-refractivity contribution is 7.99. The van der Waals surface area contributed by atoms with E-state index in [2.05, 4.69) is 10.3 Å². The Morgan fingerprint density at radius 2 is 2.26 bits per heavy atom. The lowest BCUT2D eigenvalue weighted by Crippen LogP contribution is -2.48. The first-order valence-electron chi connectivity index (χ1n) is 8.41. The Kier molecular flexibility index (Phi) is 6.00. The van der Waals surface area contributed by atoms with E-state index in [1.807, 2.05) is 0 Å². The third kappa shape index (κ3) is 4.41. The van der Waals surface area contributed by atoms with E-state index in [0.717, 1.165) is 4.88 Å². The number of ketones is 1. The molecular weight excluding hydrogens is 392 g/mol. The molecule has 4 atom stereocenters. The average molecular weight is 412 g/mol. The van der Waals surface area contributed by atoms with Gasteiger partial charge in [0.25, 0.3) is 0 Å². The largest absolute Gasteiger partial charge is 0.444 e. The standard InChI is InChI=1S/C16H20N4O5S2/c1-8-13(19-16(24)25-8)12(21)3-9(2-10-4-18-6-27-10)15(23)20-7-26-5-11(20)14(17)22/h4,6,8-9,11,13H,2-3,5,7H2,1H3,(H2,17,22)(H,19,24). The highest BCUT2D eigenvalue weighted by Gasteiger charge is 2.41. The van der Waals surface area contributed by atoms with Crippen molar-refractivity contribution in [3.05, 3.63) is 16.6 Å². The van der Waals surface area contributed by atoms with Crippen molar-refractivity contribution >= 4 is 46.8 Å². The van der Waals surface area contributed by atoms with Crippen LogP contribution in [0.25, 0.3) is 0 Å². The molecule has 4 unspecified atom stereocenters. The molecule has 3 amide bonds. The normalized spacial score (nSPS) is 25.7. The first-order chi connectivity index (χ1) is 12.9. The van der Waals surface area contributed by atoms with Gasteiger partial charge in [-0.15, -0.1) is 23.1 Å². The number of hydrogen-bond acceptors (Lipinski definition) is 8. The number of amides is 3. The fraction of sp³-hybridized carbons (Fsp3) is 0.562. The number of hydrogen-bond donors (Lipinski definition) is 2. The van der Waals surface area contributed by atoms with Crippen molar-refractivity contribution in [3.8, 4) is 0 Å². The molecule has 0 aromatic carbocycles. The molecule has 27 heavy (non-hydrogen) atoms. The number of thiazole rings is 1. The molecule has 3 rings (SSSR count). The number of aromatic nitrogens is 1. The molecule has 9 nitrogen and oxygen atoms in total. The highest BCUT2D eigenvalue weighted by Crippen LogP contribution is 2.27. The third-order valence-corrected chi connectivity index (χ3v) is 6.42. The number of carbonyl (C=O) groups excluding carboxylic acids is 4. The van der Waals surface area contributed by atoms with Crippen molar-refractivity contribution in [1.82, 2.24) is 15.2 Å². The van der Waals surface area contributed by atoms with Crippen LogP contribution in [-0.4, -0.2) is 63.4 Å². The van der Waals surface area contributed by atoms with Gasteiger partial charge in [0.1, 0.15) is 18.2 Å². The van der Waals surface area contributed by atoms with Gasteiger partial charge in [0, 0.05) is 23.2 Å². The molecule has 0 bridgehead atoms. The number of nitrogens with two attached hydrogens (primary N) is 1. The summed E-state index contributed by atoms with van der Waals surface area (Å²) in [6.07, 6.45) is 0.684. The van der Waals surface area contributed by atoms with E-state index < -0.39 is 36.1 Å². The zero-order valence-corrected chi connectivity index (χ0v) is 16.3. The molecule has 1 aromatic rings. The number of ether oxygens (including phenoxy) is 1. The second-order valence-electron chi connectivity index (χ2n) is 6.50. The fourth-order valence-corrected chi connectivity index (χ4v) is 5.04. The number of carbonyl (C=O) groups is 4. The number of nitrogens with one attached hydrogen (secondary N) is 1. The summed E-state index contributed by atoms with van der Waals surface area (Å²) in [5.74, 6) is -0.975. The third-order valence-electron chi connectivity index (χ3n) is 4.60. The lowest BCUT2D eigenvalue weighted by molar-refractivity contribution is -0.142. The van der Waals surface area contributed by atoms with Crippen molar-refractivity contribution in [2.75, 3.05) is 11.6 Å². The molecule has 146 valence electrons. The van der Waals surface area contributed by atoms with E-state index in [-0.39, 0.29) is 18.1 Å². The summed E-state index contributed by atoms with van der Waals surface area (Å²) in [5, 5.41) is 2.48. The molecule has 2 aliphatic heterocycles. The van der Waals surface area contributed by atoms with Crippen LogP contribution in [0.1, 0.15) is 18.2 Å². The second-order valence-corrected chi connectivity index (χ2v) is 8.47. The number of rotatable bonds is 7. The zero-order chi connectivity index (χ0) is 19.6. The first kappa shape index (κ1) is 19.6. The molecule has 0 saturated carbocycles. The fourth-order valence-electron chi connectivity index (χ4n) is 3.19. The SMILES string of the molecule is CC1OC(=O)NC1C(=O)CC(Cc1cncs1)C(=O)N1CSCC1C(N)=O. The summed E-state index contributed by atoms with van der Waals surface area (Å²) in [6, 6.07) is -1.45. The highest BCUT2D eigenvalue weighted by atomic mass is 32.2. The van der Waals surface area contributed by atoms with Gasteiger partial charge in [0.2, 0.25) is 11.8 Å². The Hall–Kier alpha value is -2.14. The summed E-state index contributed by atoms with van der Waals surface area (Å²) >= 11 is 2.84. The Morgan fingerprint density at radius 3 is 2.85 bits per heavy atom. The van der Waals surface area contributed by atoms with Gasteiger partial charge in [-0.2, -0.15) is 0 Å². The predicted molar refractivity (Wildman–Crippen MR) is 99.0 cm³/mol. The van der Waals surface area contributed by atoms with Gasteiger partial charge in [-0.1, -0.05) is 0 Å². The van der Waals surface area contributed by atoms with Crippen molar-refractivity contribution < 1.29 is 23.9 Å². The minimum atomic E-state index is -0.783. The van der Waals surface area contributed by atoms with Gasteiger partial charge in [-0.3, -0.25) is 19.4 Å². The number of nitrogens with zero attached hydrogens (tertiary/aromatic N) is 2. The summed E-state index contributed by atoms with van der Waals surface area (Å²) in [7, 11) is 0. The molecule has 2 fully saturated rings. The van der Waals surface area contributed by atoms with E-state index in [9.17, 15) is 19.2 Å². The van der Waals surface area contributed by atoms with Crippen molar-refractivity contribution in [3.63, 3.8) is 0 Å². The van der Waals surface area contributed by atoms with Crippen LogP contribution in [0, 0.1) is 5.92 Å². The monoisotopic (exact) mass is 412 g/mol. The Labute approximate surface area is 164 Å². The van der Waals surface area contributed by atoms with Crippen LogP contribution in [-0.2, 0) is 25.5 Å². The minimum Gasteiger partial charge on any atom is -0.444 e. The second kappa shape index (κ2) is 8.26. The maximum absolute atomic E-state index is 13.1. The van der Waals surface area contributed by atoms with Crippen LogP contribution in [0.15, 0.2) is 11.7 Å². The molecule has 11 heteroatoms. The van der Waals surface area contributed by atoms with Crippen LogP contribution < -0.4 is 11.1 Å². The minimum absolute atomic E-state index is 0.0674. The smallest absolute Gasteiger partial charge is 0.408 e. The van der Waals surface area contributed by atoms with Gasteiger partial charge in [-0.25, -0.2) is 4.79 Å². The van der Waals surface area contributed by atoms with Gasteiger partial charge >= 0.3 is 6.09 Å². The summed E-state index contributed by atoms with van der Waals surface area (Å²) in [5.41, 5.74) is 7.07. The van der Waals surface area contributed by atoms with Crippen LogP contribution in [0.5, 0.6) is 0 Å². The number of primary amides is 1. The topological polar surface area (TPSA) is 132 Å². The van der Waals surface area contributed by atoms with E-state index in [1.165, 1.54) is 28.0 Å². The van der Waals surface area contributed by atoms with Crippen molar-refractivity contribution in [1.29, 1.82) is 0 Å². The number of cyclic esters (lactones) is 1. The predicted octanol–water partition coefficient (Wildman–Crippen LogP) is 0.145. The Balaban J connectivity index is 1.76. The quantitative estimate of drug-likeness (QED) is 0.651. The van der Waals surface area contributed by atoms with E-state index in [1.54, 1.807) is 18.6 Å². The lowest BCUT2D eigenvalue weighted by atomic mass is 9.92. The van der Waals surface area contributed by atoms with Crippen LogP contribution in [0.2, 0.25) is 0 Å². The molecule has 2 aliphatic rings. The van der Waals surface area contributed by atoms with Gasteiger partial charge in [0.15, 0.2) is 5.78 Å². The Morgan fingerprint density at radius 1 is 1.48 bits per heavy atom.